The zero-order chi connectivity index (χ0) is 13.1. The molecule has 19 heavy (non-hydrogen) atoms. The van der Waals surface area contributed by atoms with E-state index in [0.29, 0.717) is 12.8 Å². The predicted octanol–water partition coefficient (Wildman–Crippen LogP) is 2.73. The van der Waals surface area contributed by atoms with Gasteiger partial charge in [-0.3, -0.25) is 0 Å². The van der Waals surface area contributed by atoms with Crippen LogP contribution < -0.4 is 14.8 Å². The minimum Gasteiger partial charge on any atom is -0.469 e. The minimum absolute atomic E-state index is 0.321. The van der Waals surface area contributed by atoms with E-state index >= 15 is 0 Å². The molecule has 0 fully saturated rings. The average molecular weight is 259 g/mol. The lowest BCUT2D eigenvalue weighted by molar-refractivity contribution is 0.174. The molecule has 0 amide bonds. The van der Waals surface area contributed by atoms with Gasteiger partial charge in [-0.15, -0.1) is 0 Å². The van der Waals surface area contributed by atoms with E-state index in [9.17, 15) is 0 Å². The summed E-state index contributed by atoms with van der Waals surface area (Å²) in [5.41, 5.74) is 1.19. The first kappa shape index (κ1) is 12.1. The molecule has 1 aliphatic rings. The van der Waals surface area contributed by atoms with Crippen molar-refractivity contribution in [2.75, 3.05) is 6.79 Å². The molecule has 0 radical (unpaired) electrons. The van der Waals surface area contributed by atoms with E-state index in [-0.39, 0.29) is 0 Å². The summed E-state index contributed by atoms with van der Waals surface area (Å²) in [6.45, 7) is 3.27. The van der Waals surface area contributed by atoms with Gasteiger partial charge in [-0.25, -0.2) is 0 Å². The van der Waals surface area contributed by atoms with Crippen LogP contribution in [0.1, 0.15) is 18.2 Å². The molecule has 1 aromatic carbocycles. The van der Waals surface area contributed by atoms with Gasteiger partial charge in [-0.2, -0.15) is 0 Å². The van der Waals surface area contributed by atoms with Crippen LogP contribution in [0, 0.1) is 0 Å². The lowest BCUT2D eigenvalue weighted by Gasteiger charge is -2.12. The Labute approximate surface area is 112 Å². The Kier molecular flexibility index (Phi) is 3.42. The maximum atomic E-state index is 5.37. The summed E-state index contributed by atoms with van der Waals surface area (Å²) in [6, 6.07) is 10.3. The van der Waals surface area contributed by atoms with Gasteiger partial charge >= 0.3 is 0 Å². The molecule has 0 bridgehead atoms. The highest BCUT2D eigenvalue weighted by molar-refractivity contribution is 5.44. The third kappa shape index (κ3) is 2.90. The fourth-order valence-corrected chi connectivity index (χ4v) is 2.15. The second-order valence-electron chi connectivity index (χ2n) is 4.75. The molecule has 4 nitrogen and oxygen atoms in total. The number of fused-ring (bicyclic) bond motifs is 1. The van der Waals surface area contributed by atoms with Gasteiger partial charge in [-0.1, -0.05) is 6.07 Å². The van der Waals surface area contributed by atoms with Crippen molar-refractivity contribution in [1.29, 1.82) is 0 Å². The van der Waals surface area contributed by atoms with Crippen LogP contribution in [0.3, 0.4) is 0 Å². The van der Waals surface area contributed by atoms with Crippen molar-refractivity contribution in [1.82, 2.24) is 5.32 Å². The molecule has 1 atom stereocenters. The number of benzene rings is 1. The Balaban J connectivity index is 1.54. The minimum atomic E-state index is 0.321. The van der Waals surface area contributed by atoms with Gasteiger partial charge in [-0.05, 0) is 36.8 Å². The molecular formula is C15H17NO3. The Morgan fingerprint density at radius 1 is 1.21 bits per heavy atom. The standard InChI is InChI=1S/C15H17NO3/c1-11(7-13-3-2-6-17-13)16-9-12-4-5-14-15(8-12)19-10-18-14/h2-6,8,11,16H,7,9-10H2,1H3. The molecule has 0 saturated heterocycles. The molecule has 1 aromatic heterocycles. The quantitative estimate of drug-likeness (QED) is 0.896. The largest absolute Gasteiger partial charge is 0.469 e. The van der Waals surface area contributed by atoms with Gasteiger partial charge in [0, 0.05) is 19.0 Å². The van der Waals surface area contributed by atoms with E-state index in [4.69, 9.17) is 13.9 Å². The number of hydrogen-bond acceptors (Lipinski definition) is 4. The lowest BCUT2D eigenvalue weighted by atomic mass is 10.1. The van der Waals surface area contributed by atoms with Crippen LogP contribution >= 0.6 is 0 Å². The molecular weight excluding hydrogens is 242 g/mol. The summed E-state index contributed by atoms with van der Waals surface area (Å²) >= 11 is 0. The monoisotopic (exact) mass is 259 g/mol. The molecule has 3 rings (SSSR count). The Morgan fingerprint density at radius 2 is 2.11 bits per heavy atom. The Bertz CT molecular complexity index is 536. The van der Waals surface area contributed by atoms with E-state index in [1.807, 2.05) is 24.3 Å². The fourth-order valence-electron chi connectivity index (χ4n) is 2.15. The van der Waals surface area contributed by atoms with Crippen molar-refractivity contribution in [3.63, 3.8) is 0 Å². The highest BCUT2D eigenvalue weighted by atomic mass is 16.7. The summed E-state index contributed by atoms with van der Waals surface area (Å²) in [6.07, 6.45) is 2.59. The second-order valence-corrected chi connectivity index (χ2v) is 4.75. The number of ether oxygens (including phenoxy) is 2. The number of rotatable bonds is 5. The summed E-state index contributed by atoms with van der Waals surface area (Å²) in [4.78, 5) is 0. The molecule has 4 heteroatoms. The molecule has 0 saturated carbocycles. The smallest absolute Gasteiger partial charge is 0.231 e. The third-order valence-electron chi connectivity index (χ3n) is 3.18. The van der Waals surface area contributed by atoms with E-state index < -0.39 is 0 Å². The average Bonchev–Trinajstić information content (AvgIpc) is 3.06. The molecule has 0 aliphatic carbocycles. The van der Waals surface area contributed by atoms with Crippen LogP contribution in [0.2, 0.25) is 0 Å². The van der Waals surface area contributed by atoms with Gasteiger partial charge in [0.05, 0.1) is 6.26 Å². The van der Waals surface area contributed by atoms with Gasteiger partial charge in [0.2, 0.25) is 6.79 Å². The van der Waals surface area contributed by atoms with Crippen LogP contribution in [0.15, 0.2) is 41.0 Å². The van der Waals surface area contributed by atoms with Crippen molar-refractivity contribution >= 4 is 0 Å². The second kappa shape index (κ2) is 5.36. The van der Waals surface area contributed by atoms with Gasteiger partial charge in [0.1, 0.15) is 5.76 Å². The summed E-state index contributed by atoms with van der Waals surface area (Å²) < 4.78 is 16.0. The molecule has 100 valence electrons. The summed E-state index contributed by atoms with van der Waals surface area (Å²) in [5, 5.41) is 3.47. The highest BCUT2D eigenvalue weighted by Gasteiger charge is 2.13. The first-order valence-electron chi connectivity index (χ1n) is 6.45. The summed E-state index contributed by atoms with van der Waals surface area (Å²) in [7, 11) is 0. The molecule has 2 heterocycles. The SMILES string of the molecule is CC(Cc1ccco1)NCc1ccc2c(c1)OCO2. The van der Waals surface area contributed by atoms with Crippen LogP contribution in [0.5, 0.6) is 11.5 Å². The fraction of sp³-hybridized carbons (Fsp3) is 0.333. The molecule has 1 unspecified atom stereocenters. The molecule has 1 aliphatic heterocycles. The summed E-state index contributed by atoms with van der Waals surface area (Å²) in [5.74, 6) is 2.66. The Morgan fingerprint density at radius 3 is 2.95 bits per heavy atom. The number of nitrogens with one attached hydrogen (secondary N) is 1. The van der Waals surface area contributed by atoms with E-state index in [1.165, 1.54) is 5.56 Å². The van der Waals surface area contributed by atoms with Gasteiger partial charge < -0.3 is 19.2 Å². The maximum absolute atomic E-state index is 5.37. The zero-order valence-corrected chi connectivity index (χ0v) is 10.9. The van der Waals surface area contributed by atoms with E-state index in [0.717, 1.165) is 30.2 Å². The number of hydrogen-bond donors (Lipinski definition) is 1. The topological polar surface area (TPSA) is 43.6 Å². The highest BCUT2D eigenvalue weighted by Crippen LogP contribution is 2.32. The molecule has 2 aromatic rings. The van der Waals surface area contributed by atoms with E-state index in [1.54, 1.807) is 6.26 Å². The normalized spacial score (nSPS) is 14.6. The van der Waals surface area contributed by atoms with Crippen LogP contribution in [0.4, 0.5) is 0 Å². The molecule has 1 N–H and O–H groups in total. The zero-order valence-electron chi connectivity index (χ0n) is 10.9. The van der Waals surface area contributed by atoms with E-state index in [2.05, 4.69) is 18.3 Å². The van der Waals surface area contributed by atoms with Crippen molar-refractivity contribution < 1.29 is 13.9 Å². The van der Waals surface area contributed by atoms with Crippen molar-refractivity contribution in [2.45, 2.75) is 25.9 Å². The Hall–Kier alpha value is -1.94. The lowest BCUT2D eigenvalue weighted by Crippen LogP contribution is -2.27. The first-order valence-corrected chi connectivity index (χ1v) is 6.45. The predicted molar refractivity (Wildman–Crippen MR) is 71.3 cm³/mol. The van der Waals surface area contributed by atoms with Crippen LogP contribution in [0.25, 0.3) is 0 Å². The van der Waals surface area contributed by atoms with Crippen molar-refractivity contribution in [2.24, 2.45) is 0 Å². The van der Waals surface area contributed by atoms with Crippen molar-refractivity contribution in [3.8, 4) is 11.5 Å². The van der Waals surface area contributed by atoms with Crippen LogP contribution in [-0.2, 0) is 13.0 Å². The van der Waals surface area contributed by atoms with Gasteiger partial charge in [0.15, 0.2) is 11.5 Å². The van der Waals surface area contributed by atoms with Crippen LogP contribution in [-0.4, -0.2) is 12.8 Å². The number of furan rings is 1. The van der Waals surface area contributed by atoms with Crippen molar-refractivity contribution in [3.05, 3.63) is 47.9 Å². The maximum Gasteiger partial charge on any atom is 0.231 e. The third-order valence-corrected chi connectivity index (χ3v) is 3.18. The van der Waals surface area contributed by atoms with Gasteiger partial charge in [0.25, 0.3) is 0 Å². The first-order chi connectivity index (χ1) is 9.31. The molecule has 0 spiro atoms.